The van der Waals surface area contributed by atoms with Gasteiger partial charge in [-0.2, -0.15) is 0 Å². The summed E-state index contributed by atoms with van der Waals surface area (Å²) in [5.41, 5.74) is 2.27. The van der Waals surface area contributed by atoms with E-state index in [1.54, 1.807) is 6.07 Å². The minimum atomic E-state index is -3.27. The highest BCUT2D eigenvalue weighted by molar-refractivity contribution is 7.92. The minimum absolute atomic E-state index is 0.593. The van der Waals surface area contributed by atoms with Crippen molar-refractivity contribution >= 4 is 26.6 Å². The molecule has 17 heavy (non-hydrogen) atoms. The van der Waals surface area contributed by atoms with Gasteiger partial charge in [-0.05, 0) is 18.6 Å². The molecule has 2 rings (SSSR count). The van der Waals surface area contributed by atoms with Crippen molar-refractivity contribution < 1.29 is 8.42 Å². The quantitative estimate of drug-likeness (QED) is 0.908. The normalized spacial score (nSPS) is 11.6. The molecule has 0 radical (unpaired) electrons. The third-order valence-corrected chi connectivity index (χ3v) is 3.02. The van der Waals surface area contributed by atoms with Crippen LogP contribution in [0, 0.1) is 0 Å². The Hall–Kier alpha value is -1.62. The highest BCUT2D eigenvalue weighted by atomic mass is 32.2. The Kier molecular flexibility index (Phi) is 3.02. The molecular formula is C12H14N2O2S. The lowest BCUT2D eigenvalue weighted by atomic mass is 10.1. The van der Waals surface area contributed by atoms with Gasteiger partial charge in [0.1, 0.15) is 0 Å². The van der Waals surface area contributed by atoms with Crippen LogP contribution in [0.15, 0.2) is 30.3 Å². The van der Waals surface area contributed by atoms with E-state index in [1.165, 1.54) is 0 Å². The van der Waals surface area contributed by atoms with Crippen molar-refractivity contribution in [2.75, 3.05) is 11.0 Å². The smallest absolute Gasteiger partial charge is 0.229 e. The fourth-order valence-electron chi connectivity index (χ4n) is 1.70. The van der Waals surface area contributed by atoms with Crippen LogP contribution in [0.2, 0.25) is 0 Å². The molecule has 1 aromatic carbocycles. The number of nitrogens with zero attached hydrogens (tertiary/aromatic N) is 1. The van der Waals surface area contributed by atoms with Gasteiger partial charge in [-0.25, -0.2) is 8.42 Å². The van der Waals surface area contributed by atoms with E-state index in [0.717, 1.165) is 29.3 Å². The summed E-state index contributed by atoms with van der Waals surface area (Å²) in [6, 6.07) is 9.27. The number of anilines is 1. The Bertz CT molecular complexity index is 651. The van der Waals surface area contributed by atoms with E-state index in [1.807, 2.05) is 31.2 Å². The lowest BCUT2D eigenvalue weighted by molar-refractivity contribution is 0.607. The summed E-state index contributed by atoms with van der Waals surface area (Å²) < 4.78 is 25.2. The third kappa shape index (κ3) is 2.74. The molecule has 5 heteroatoms. The van der Waals surface area contributed by atoms with E-state index < -0.39 is 10.0 Å². The largest absolute Gasteiger partial charge is 0.283 e. The number of hydrogen-bond acceptors (Lipinski definition) is 3. The molecule has 2 aromatic rings. The molecule has 0 bridgehead atoms. The maximum Gasteiger partial charge on any atom is 0.229 e. The van der Waals surface area contributed by atoms with E-state index in [-0.39, 0.29) is 0 Å². The second-order valence-electron chi connectivity index (χ2n) is 3.91. The first-order valence-corrected chi connectivity index (χ1v) is 7.25. The van der Waals surface area contributed by atoms with Crippen LogP contribution >= 0.6 is 0 Å². The van der Waals surface area contributed by atoms with Crippen molar-refractivity contribution in [2.24, 2.45) is 0 Å². The summed E-state index contributed by atoms with van der Waals surface area (Å²) in [5, 5.41) is 0.815. The predicted molar refractivity (Wildman–Crippen MR) is 69.6 cm³/mol. The minimum Gasteiger partial charge on any atom is -0.283 e. The van der Waals surface area contributed by atoms with E-state index in [2.05, 4.69) is 9.71 Å². The Labute approximate surface area is 101 Å². The van der Waals surface area contributed by atoms with E-state index in [4.69, 9.17) is 0 Å². The van der Waals surface area contributed by atoms with Gasteiger partial charge in [0.05, 0.1) is 17.5 Å². The fraction of sp³-hybridized carbons (Fsp3) is 0.250. The zero-order valence-electron chi connectivity index (χ0n) is 9.77. The van der Waals surface area contributed by atoms with Crippen LogP contribution < -0.4 is 4.72 Å². The van der Waals surface area contributed by atoms with Crippen molar-refractivity contribution in [3.05, 3.63) is 36.0 Å². The van der Waals surface area contributed by atoms with Crippen molar-refractivity contribution in [2.45, 2.75) is 13.3 Å². The number of nitrogens with one attached hydrogen (secondary N) is 1. The van der Waals surface area contributed by atoms with Crippen LogP contribution in [0.5, 0.6) is 0 Å². The van der Waals surface area contributed by atoms with Gasteiger partial charge in [0.2, 0.25) is 10.0 Å². The maximum absolute atomic E-state index is 11.3. The van der Waals surface area contributed by atoms with E-state index >= 15 is 0 Å². The number of aryl methyl sites for hydroxylation is 1. The number of sulfonamides is 1. The summed E-state index contributed by atoms with van der Waals surface area (Å²) in [5.74, 6) is 0. The Balaban J connectivity index is 2.66. The SMILES string of the molecule is CCc1cc(NS(C)(=O)=O)c2ccccc2n1. The van der Waals surface area contributed by atoms with Crippen molar-refractivity contribution in [1.82, 2.24) is 4.98 Å². The second kappa shape index (κ2) is 4.33. The lowest BCUT2D eigenvalue weighted by Gasteiger charge is -2.09. The first-order valence-electron chi connectivity index (χ1n) is 5.36. The number of para-hydroxylation sites is 1. The predicted octanol–water partition coefficient (Wildman–Crippen LogP) is 2.17. The summed E-state index contributed by atoms with van der Waals surface area (Å²) in [6.07, 6.45) is 1.91. The summed E-state index contributed by atoms with van der Waals surface area (Å²) in [7, 11) is -3.27. The van der Waals surface area contributed by atoms with Crippen molar-refractivity contribution in [1.29, 1.82) is 0 Å². The number of hydrogen-bond donors (Lipinski definition) is 1. The van der Waals surface area contributed by atoms with Crippen LogP contribution in [0.25, 0.3) is 10.9 Å². The number of aromatic nitrogens is 1. The van der Waals surface area contributed by atoms with Crippen LogP contribution in [-0.2, 0) is 16.4 Å². The molecule has 90 valence electrons. The third-order valence-electron chi connectivity index (χ3n) is 2.43. The van der Waals surface area contributed by atoms with Crippen LogP contribution in [-0.4, -0.2) is 19.7 Å². The van der Waals surface area contributed by atoms with Gasteiger partial charge < -0.3 is 0 Å². The van der Waals surface area contributed by atoms with Gasteiger partial charge in [-0.15, -0.1) is 0 Å². The Morgan fingerprint density at radius 1 is 1.29 bits per heavy atom. The van der Waals surface area contributed by atoms with E-state index in [0.29, 0.717) is 5.69 Å². The van der Waals surface area contributed by atoms with Gasteiger partial charge in [-0.3, -0.25) is 9.71 Å². The molecule has 0 atom stereocenters. The monoisotopic (exact) mass is 250 g/mol. The molecule has 0 fully saturated rings. The van der Waals surface area contributed by atoms with Gasteiger partial charge in [-0.1, -0.05) is 25.1 Å². The summed E-state index contributed by atoms with van der Waals surface area (Å²) >= 11 is 0. The first-order chi connectivity index (χ1) is 7.99. The van der Waals surface area contributed by atoms with Crippen LogP contribution in [0.4, 0.5) is 5.69 Å². The molecule has 0 aliphatic heterocycles. The number of rotatable bonds is 3. The zero-order valence-corrected chi connectivity index (χ0v) is 10.6. The molecule has 0 saturated carbocycles. The molecule has 1 aromatic heterocycles. The highest BCUT2D eigenvalue weighted by Gasteiger charge is 2.08. The molecule has 0 saturated heterocycles. The number of pyridine rings is 1. The fourth-order valence-corrected chi connectivity index (χ4v) is 2.26. The van der Waals surface area contributed by atoms with Crippen LogP contribution in [0.3, 0.4) is 0 Å². The molecular weight excluding hydrogens is 236 g/mol. The topological polar surface area (TPSA) is 59.1 Å². The van der Waals surface area contributed by atoms with Crippen LogP contribution in [0.1, 0.15) is 12.6 Å². The average molecular weight is 250 g/mol. The van der Waals surface area contributed by atoms with Crippen molar-refractivity contribution in [3.63, 3.8) is 0 Å². The summed E-state index contributed by atoms with van der Waals surface area (Å²) in [6.45, 7) is 1.99. The second-order valence-corrected chi connectivity index (χ2v) is 5.65. The van der Waals surface area contributed by atoms with E-state index in [9.17, 15) is 8.42 Å². The molecule has 0 aliphatic rings. The molecule has 0 amide bonds. The first kappa shape index (κ1) is 11.9. The standard InChI is InChI=1S/C12H14N2O2S/c1-3-9-8-12(14-17(2,15)16)10-6-4-5-7-11(10)13-9/h4-8H,3H2,1-2H3,(H,13,14). The molecule has 4 nitrogen and oxygen atoms in total. The Morgan fingerprint density at radius 2 is 2.00 bits per heavy atom. The Morgan fingerprint density at radius 3 is 2.65 bits per heavy atom. The number of fused-ring (bicyclic) bond motifs is 1. The highest BCUT2D eigenvalue weighted by Crippen LogP contribution is 2.23. The summed E-state index contributed by atoms with van der Waals surface area (Å²) in [4.78, 5) is 4.45. The zero-order chi connectivity index (χ0) is 12.5. The van der Waals surface area contributed by atoms with Gasteiger partial charge in [0.25, 0.3) is 0 Å². The molecule has 0 spiro atoms. The average Bonchev–Trinajstić information content (AvgIpc) is 2.26. The van der Waals surface area contributed by atoms with Gasteiger partial charge in [0.15, 0.2) is 0 Å². The van der Waals surface area contributed by atoms with Gasteiger partial charge >= 0.3 is 0 Å². The number of benzene rings is 1. The maximum atomic E-state index is 11.3. The molecule has 1 heterocycles. The molecule has 0 unspecified atom stereocenters. The van der Waals surface area contributed by atoms with Crippen molar-refractivity contribution in [3.8, 4) is 0 Å². The van der Waals surface area contributed by atoms with Gasteiger partial charge in [0, 0.05) is 11.1 Å². The lowest BCUT2D eigenvalue weighted by Crippen LogP contribution is -2.10. The molecule has 1 N–H and O–H groups in total. The molecule has 0 aliphatic carbocycles.